The Kier molecular flexibility index (Phi) is 3.30. The Balaban J connectivity index is 2.08. The number of pyridine rings is 1. The van der Waals surface area contributed by atoms with E-state index >= 15 is 0 Å². The number of aromatic nitrogens is 4. The minimum absolute atomic E-state index is 0.0406. The van der Waals surface area contributed by atoms with E-state index in [9.17, 15) is 13.2 Å². The van der Waals surface area contributed by atoms with Gasteiger partial charge in [-0.2, -0.15) is 13.2 Å². The Morgan fingerprint density at radius 3 is 2.48 bits per heavy atom. The molecule has 0 unspecified atom stereocenters. The molecule has 2 N–H and O–H groups in total. The van der Waals surface area contributed by atoms with E-state index in [1.807, 2.05) is 0 Å². The molecule has 0 bridgehead atoms. The number of nitrogen functional groups attached to an aromatic ring is 1. The van der Waals surface area contributed by atoms with E-state index in [2.05, 4.69) is 15.1 Å². The summed E-state index contributed by atoms with van der Waals surface area (Å²) >= 11 is 0. The molecule has 1 aliphatic rings. The second-order valence-electron chi connectivity index (χ2n) is 5.11. The smallest absolute Gasteiger partial charge is 0.384 e. The molecule has 5 nitrogen and oxygen atoms in total. The summed E-state index contributed by atoms with van der Waals surface area (Å²) in [7, 11) is 0. The first-order valence-corrected chi connectivity index (χ1v) is 6.71. The number of halogens is 3. The van der Waals surface area contributed by atoms with Crippen molar-refractivity contribution in [2.75, 3.05) is 5.73 Å². The van der Waals surface area contributed by atoms with Gasteiger partial charge in [0.15, 0.2) is 5.82 Å². The maximum Gasteiger partial charge on any atom is 0.453 e. The molecule has 0 aliphatic heterocycles. The molecule has 2 aromatic rings. The monoisotopic (exact) mass is 297 g/mol. The summed E-state index contributed by atoms with van der Waals surface area (Å²) in [5, 5.41) is 3.68. The molecule has 1 fully saturated rings. The number of rotatable bonds is 2. The zero-order valence-corrected chi connectivity index (χ0v) is 11.1. The number of nitrogens with zero attached hydrogens (tertiary/aromatic N) is 4. The Labute approximate surface area is 119 Å². The van der Waals surface area contributed by atoms with Crippen LogP contribution in [0.5, 0.6) is 0 Å². The average molecular weight is 297 g/mol. The predicted octanol–water partition coefficient (Wildman–Crippen LogP) is 3.06. The Morgan fingerprint density at radius 1 is 1.19 bits per heavy atom. The van der Waals surface area contributed by atoms with Crippen molar-refractivity contribution in [3.63, 3.8) is 0 Å². The summed E-state index contributed by atoms with van der Waals surface area (Å²) in [5.41, 5.74) is 5.99. The van der Waals surface area contributed by atoms with Gasteiger partial charge in [0.25, 0.3) is 5.82 Å². The van der Waals surface area contributed by atoms with E-state index in [1.165, 1.54) is 16.9 Å². The highest BCUT2D eigenvalue weighted by molar-refractivity contribution is 5.56. The van der Waals surface area contributed by atoms with Crippen molar-refractivity contribution in [1.82, 2.24) is 19.7 Å². The molecule has 0 aromatic carbocycles. The van der Waals surface area contributed by atoms with Crippen LogP contribution < -0.4 is 5.73 Å². The summed E-state index contributed by atoms with van der Waals surface area (Å²) in [6.07, 6.45) is 0.480. The lowest BCUT2D eigenvalue weighted by Crippen LogP contribution is -2.11. The van der Waals surface area contributed by atoms with Gasteiger partial charge in [0, 0.05) is 11.8 Å². The highest BCUT2D eigenvalue weighted by Gasteiger charge is 2.38. The number of hydrogen-bond acceptors (Lipinski definition) is 4. The van der Waals surface area contributed by atoms with Crippen LogP contribution in [0.4, 0.5) is 19.0 Å². The van der Waals surface area contributed by atoms with E-state index in [-0.39, 0.29) is 11.9 Å². The Hall–Kier alpha value is -2.12. The second-order valence-corrected chi connectivity index (χ2v) is 5.11. The third kappa shape index (κ3) is 2.70. The fourth-order valence-electron chi connectivity index (χ4n) is 2.58. The maximum atomic E-state index is 12.9. The van der Waals surface area contributed by atoms with Gasteiger partial charge in [-0.1, -0.05) is 12.8 Å². The Morgan fingerprint density at radius 2 is 1.90 bits per heavy atom. The van der Waals surface area contributed by atoms with Crippen molar-refractivity contribution in [2.45, 2.75) is 37.9 Å². The van der Waals surface area contributed by atoms with Gasteiger partial charge in [-0.15, -0.1) is 5.10 Å². The minimum atomic E-state index is -4.56. The van der Waals surface area contributed by atoms with E-state index in [4.69, 9.17) is 5.73 Å². The molecule has 3 rings (SSSR count). The summed E-state index contributed by atoms with van der Waals surface area (Å²) in [6, 6.07) is 3.11. The number of anilines is 1. The fourth-order valence-corrected chi connectivity index (χ4v) is 2.58. The van der Waals surface area contributed by atoms with Crippen LogP contribution >= 0.6 is 0 Å². The lowest BCUT2D eigenvalue weighted by Gasteiger charge is -2.12. The van der Waals surface area contributed by atoms with Crippen molar-refractivity contribution < 1.29 is 13.2 Å². The first kappa shape index (κ1) is 13.8. The molecule has 112 valence electrons. The number of hydrogen-bond donors (Lipinski definition) is 1. The SMILES string of the molecule is Nc1ccc(-c2nc(C(F)(F)F)nn2C2CCCC2)cn1. The van der Waals surface area contributed by atoms with Gasteiger partial charge < -0.3 is 5.73 Å². The van der Waals surface area contributed by atoms with Gasteiger partial charge in [0.05, 0.1) is 6.04 Å². The van der Waals surface area contributed by atoms with Crippen molar-refractivity contribution in [1.29, 1.82) is 0 Å². The van der Waals surface area contributed by atoms with Crippen LogP contribution in [0.2, 0.25) is 0 Å². The summed E-state index contributed by atoms with van der Waals surface area (Å²) in [6.45, 7) is 0. The van der Waals surface area contributed by atoms with Gasteiger partial charge in [0.2, 0.25) is 0 Å². The van der Waals surface area contributed by atoms with Crippen LogP contribution in [0.15, 0.2) is 18.3 Å². The molecule has 0 amide bonds. The molecule has 2 aromatic heterocycles. The fraction of sp³-hybridized carbons (Fsp3) is 0.462. The first-order chi connectivity index (χ1) is 9.95. The first-order valence-electron chi connectivity index (χ1n) is 6.71. The van der Waals surface area contributed by atoms with Crippen LogP contribution in [0.1, 0.15) is 37.5 Å². The van der Waals surface area contributed by atoms with Crippen LogP contribution in [-0.4, -0.2) is 19.7 Å². The average Bonchev–Trinajstić information content (AvgIpc) is 3.07. The van der Waals surface area contributed by atoms with Crippen molar-refractivity contribution in [2.24, 2.45) is 0 Å². The number of nitrogens with two attached hydrogens (primary N) is 1. The van der Waals surface area contributed by atoms with Gasteiger partial charge in [-0.05, 0) is 25.0 Å². The van der Waals surface area contributed by atoms with E-state index in [1.54, 1.807) is 6.07 Å². The normalized spacial score (nSPS) is 16.5. The third-order valence-electron chi connectivity index (χ3n) is 3.60. The number of alkyl halides is 3. The molecular formula is C13H14F3N5. The van der Waals surface area contributed by atoms with Crippen LogP contribution in [0, 0.1) is 0 Å². The van der Waals surface area contributed by atoms with Crippen LogP contribution in [-0.2, 0) is 6.18 Å². The summed E-state index contributed by atoms with van der Waals surface area (Å²) in [4.78, 5) is 7.58. The molecular weight excluding hydrogens is 283 g/mol. The largest absolute Gasteiger partial charge is 0.453 e. The highest BCUT2D eigenvalue weighted by atomic mass is 19.4. The molecule has 0 spiro atoms. The molecule has 0 radical (unpaired) electrons. The molecule has 1 saturated carbocycles. The van der Waals surface area contributed by atoms with Crippen molar-refractivity contribution >= 4 is 5.82 Å². The predicted molar refractivity (Wildman–Crippen MR) is 70.2 cm³/mol. The molecule has 0 atom stereocenters. The zero-order chi connectivity index (χ0) is 15.0. The standard InChI is InChI=1S/C13H14F3N5/c14-13(15,16)12-19-11(8-5-6-10(17)18-7-8)21(20-12)9-3-1-2-4-9/h5-7,9H,1-4H2,(H2,17,18). The quantitative estimate of drug-likeness (QED) is 0.925. The third-order valence-corrected chi connectivity index (χ3v) is 3.60. The van der Waals surface area contributed by atoms with Gasteiger partial charge in [0.1, 0.15) is 5.82 Å². The second kappa shape index (κ2) is 5.01. The van der Waals surface area contributed by atoms with E-state index in [0.717, 1.165) is 25.7 Å². The summed E-state index contributed by atoms with van der Waals surface area (Å²) in [5.74, 6) is -0.607. The summed E-state index contributed by atoms with van der Waals surface area (Å²) < 4.78 is 40.0. The van der Waals surface area contributed by atoms with Crippen LogP contribution in [0.25, 0.3) is 11.4 Å². The minimum Gasteiger partial charge on any atom is -0.384 e. The van der Waals surface area contributed by atoms with E-state index in [0.29, 0.717) is 11.4 Å². The zero-order valence-electron chi connectivity index (χ0n) is 11.1. The maximum absolute atomic E-state index is 12.9. The Bertz CT molecular complexity index is 626. The topological polar surface area (TPSA) is 69.6 Å². The van der Waals surface area contributed by atoms with Gasteiger partial charge in [-0.3, -0.25) is 0 Å². The van der Waals surface area contributed by atoms with Gasteiger partial charge in [-0.25, -0.2) is 14.6 Å². The lowest BCUT2D eigenvalue weighted by molar-refractivity contribution is -0.145. The van der Waals surface area contributed by atoms with Gasteiger partial charge >= 0.3 is 6.18 Å². The molecule has 1 aliphatic carbocycles. The lowest BCUT2D eigenvalue weighted by atomic mass is 10.2. The van der Waals surface area contributed by atoms with Crippen molar-refractivity contribution in [3.05, 3.63) is 24.2 Å². The highest BCUT2D eigenvalue weighted by Crippen LogP contribution is 2.35. The molecule has 8 heteroatoms. The molecule has 21 heavy (non-hydrogen) atoms. The van der Waals surface area contributed by atoms with E-state index < -0.39 is 12.0 Å². The van der Waals surface area contributed by atoms with Crippen molar-refractivity contribution in [3.8, 4) is 11.4 Å². The molecule has 0 saturated heterocycles. The van der Waals surface area contributed by atoms with Crippen LogP contribution in [0.3, 0.4) is 0 Å². The molecule has 2 heterocycles.